The van der Waals surface area contributed by atoms with Crippen LogP contribution in [0.5, 0.6) is 0 Å². The van der Waals surface area contributed by atoms with Crippen molar-refractivity contribution in [2.24, 2.45) is 5.14 Å². The number of amides is 1. The summed E-state index contributed by atoms with van der Waals surface area (Å²) in [5.74, 6) is -0.396. The van der Waals surface area contributed by atoms with Gasteiger partial charge in [-0.15, -0.1) is 0 Å². The van der Waals surface area contributed by atoms with E-state index in [1.165, 1.54) is 12.1 Å². The van der Waals surface area contributed by atoms with E-state index in [-0.39, 0.29) is 27.1 Å². The van der Waals surface area contributed by atoms with E-state index in [1.54, 1.807) is 12.1 Å². The van der Waals surface area contributed by atoms with Crippen molar-refractivity contribution in [3.63, 3.8) is 0 Å². The van der Waals surface area contributed by atoms with Crippen LogP contribution in [0, 0.1) is 0 Å². The van der Waals surface area contributed by atoms with Crippen molar-refractivity contribution in [3.05, 3.63) is 54.1 Å². The number of rotatable bonds is 7. The minimum absolute atomic E-state index is 0.0621. The van der Waals surface area contributed by atoms with Crippen molar-refractivity contribution in [2.75, 3.05) is 4.72 Å². The summed E-state index contributed by atoms with van der Waals surface area (Å²) in [6, 6.07) is 10.6. The van der Waals surface area contributed by atoms with E-state index in [4.69, 9.17) is 5.14 Å². The molecule has 0 fully saturated rings. The number of nitrogens with one attached hydrogen (secondary N) is 2. The molecule has 146 valence electrons. The molecule has 1 atom stereocenters. The average molecular weight is 412 g/mol. The van der Waals surface area contributed by atoms with E-state index >= 15 is 0 Å². The summed E-state index contributed by atoms with van der Waals surface area (Å²) in [4.78, 5) is 12.0. The molecule has 0 aromatic heterocycles. The minimum Gasteiger partial charge on any atom is -0.350 e. The maximum atomic E-state index is 12.6. The van der Waals surface area contributed by atoms with Crippen molar-refractivity contribution >= 4 is 31.6 Å². The van der Waals surface area contributed by atoms with Crippen LogP contribution in [-0.4, -0.2) is 28.8 Å². The Labute approximate surface area is 158 Å². The number of hydrogen-bond acceptors (Lipinski definition) is 5. The first-order chi connectivity index (χ1) is 12.5. The molecular formula is C17H21N3O5S2. The first kappa shape index (κ1) is 20.9. The van der Waals surface area contributed by atoms with E-state index in [9.17, 15) is 21.6 Å². The highest BCUT2D eigenvalue weighted by molar-refractivity contribution is 7.92. The van der Waals surface area contributed by atoms with Gasteiger partial charge in [-0.05, 0) is 49.7 Å². The largest absolute Gasteiger partial charge is 0.350 e. The maximum absolute atomic E-state index is 12.6. The molecule has 0 bridgehead atoms. The average Bonchev–Trinajstić information content (AvgIpc) is 2.61. The lowest BCUT2D eigenvalue weighted by atomic mass is 10.1. The highest BCUT2D eigenvalue weighted by atomic mass is 32.2. The predicted octanol–water partition coefficient (Wildman–Crippen LogP) is 1.66. The summed E-state index contributed by atoms with van der Waals surface area (Å²) in [6.45, 7) is 3.77. The fourth-order valence-corrected chi connectivity index (χ4v) is 3.78. The number of nitrogens with two attached hydrogens (primary N) is 1. The Balaban J connectivity index is 2.32. The zero-order valence-electron chi connectivity index (χ0n) is 14.8. The molecule has 10 heteroatoms. The molecule has 0 heterocycles. The molecule has 0 saturated carbocycles. The van der Waals surface area contributed by atoms with E-state index in [2.05, 4.69) is 10.0 Å². The molecule has 2 aromatic rings. The fraction of sp³-hybridized carbons (Fsp3) is 0.235. The van der Waals surface area contributed by atoms with Gasteiger partial charge >= 0.3 is 0 Å². The lowest BCUT2D eigenvalue weighted by molar-refractivity contribution is 0.0940. The first-order valence-electron chi connectivity index (χ1n) is 8.10. The molecule has 2 aromatic carbocycles. The molecule has 0 aliphatic rings. The van der Waals surface area contributed by atoms with Crippen LogP contribution in [0.2, 0.25) is 0 Å². The molecule has 0 saturated heterocycles. The Hall–Kier alpha value is -2.43. The second-order valence-corrected chi connectivity index (χ2v) is 9.19. The second kappa shape index (κ2) is 8.07. The summed E-state index contributed by atoms with van der Waals surface area (Å²) >= 11 is 0. The van der Waals surface area contributed by atoms with Crippen LogP contribution in [-0.2, 0) is 20.0 Å². The lowest BCUT2D eigenvalue weighted by Crippen LogP contribution is -2.32. The van der Waals surface area contributed by atoms with Gasteiger partial charge in [0, 0.05) is 6.04 Å². The highest BCUT2D eigenvalue weighted by Crippen LogP contribution is 2.21. The number of hydrogen-bond donors (Lipinski definition) is 3. The van der Waals surface area contributed by atoms with Crippen molar-refractivity contribution in [1.29, 1.82) is 0 Å². The van der Waals surface area contributed by atoms with E-state index in [0.29, 0.717) is 0 Å². The third kappa shape index (κ3) is 5.28. The number of carbonyl (C=O) groups excluding carboxylic acids is 1. The number of sulfonamides is 2. The molecule has 27 heavy (non-hydrogen) atoms. The molecule has 2 rings (SSSR count). The van der Waals surface area contributed by atoms with Gasteiger partial charge in [0.2, 0.25) is 10.0 Å². The summed E-state index contributed by atoms with van der Waals surface area (Å²) < 4.78 is 50.1. The molecule has 0 unspecified atom stereocenters. The van der Waals surface area contributed by atoms with Crippen LogP contribution in [0.3, 0.4) is 0 Å². The Bertz CT molecular complexity index is 1030. The van der Waals surface area contributed by atoms with Crippen LogP contribution in [0.4, 0.5) is 5.69 Å². The first-order valence-corrected chi connectivity index (χ1v) is 11.1. The number of primary sulfonamides is 1. The monoisotopic (exact) mass is 411 g/mol. The lowest BCUT2D eigenvalue weighted by Gasteiger charge is -2.15. The minimum atomic E-state index is -4.03. The van der Waals surface area contributed by atoms with Gasteiger partial charge in [0.25, 0.3) is 15.9 Å². The quantitative estimate of drug-likeness (QED) is 0.637. The van der Waals surface area contributed by atoms with Crippen LogP contribution in [0.1, 0.15) is 30.6 Å². The molecule has 4 N–H and O–H groups in total. The van der Waals surface area contributed by atoms with Gasteiger partial charge in [-0.3, -0.25) is 9.52 Å². The molecular weight excluding hydrogens is 390 g/mol. The standard InChI is InChI=1S/C17H21N3O5S2/c1-3-12(2)19-17(21)15-6-4-5-7-16(15)20-27(24,25)14-10-8-13(9-11-14)26(18,22)23/h4-12,20H,3H2,1-2H3,(H,19,21)(H2,18,22,23)/t12-/m1/s1. The van der Waals surface area contributed by atoms with Crippen LogP contribution in [0.15, 0.2) is 58.3 Å². The molecule has 0 spiro atoms. The van der Waals surface area contributed by atoms with E-state index in [1.807, 2.05) is 13.8 Å². The van der Waals surface area contributed by atoms with Gasteiger partial charge < -0.3 is 5.32 Å². The van der Waals surface area contributed by atoms with Gasteiger partial charge in [0.05, 0.1) is 21.0 Å². The van der Waals surface area contributed by atoms with Gasteiger partial charge in [-0.1, -0.05) is 19.1 Å². The van der Waals surface area contributed by atoms with Crippen molar-refractivity contribution in [3.8, 4) is 0 Å². The second-order valence-electron chi connectivity index (χ2n) is 5.95. The highest BCUT2D eigenvalue weighted by Gasteiger charge is 2.20. The smallest absolute Gasteiger partial charge is 0.261 e. The Morgan fingerprint density at radius 2 is 1.56 bits per heavy atom. The Morgan fingerprint density at radius 3 is 2.11 bits per heavy atom. The number of para-hydroxylation sites is 1. The number of anilines is 1. The molecule has 0 radical (unpaired) electrons. The SMILES string of the molecule is CC[C@@H](C)NC(=O)c1ccccc1NS(=O)(=O)c1ccc(S(N)(=O)=O)cc1. The molecule has 8 nitrogen and oxygen atoms in total. The predicted molar refractivity (Wildman–Crippen MR) is 102 cm³/mol. The summed E-state index contributed by atoms with van der Waals surface area (Å²) in [5.41, 5.74) is 0.302. The zero-order chi connectivity index (χ0) is 20.2. The van der Waals surface area contributed by atoms with Crippen molar-refractivity contribution < 1.29 is 21.6 Å². The van der Waals surface area contributed by atoms with Crippen molar-refractivity contribution in [1.82, 2.24) is 5.32 Å². The maximum Gasteiger partial charge on any atom is 0.261 e. The third-order valence-corrected chi connectivity index (χ3v) is 6.18. The van der Waals surface area contributed by atoms with E-state index < -0.39 is 26.0 Å². The topological polar surface area (TPSA) is 135 Å². The van der Waals surface area contributed by atoms with Crippen LogP contribution in [0.25, 0.3) is 0 Å². The Kier molecular flexibility index (Phi) is 6.24. The van der Waals surface area contributed by atoms with E-state index in [0.717, 1.165) is 30.7 Å². The zero-order valence-corrected chi connectivity index (χ0v) is 16.5. The fourth-order valence-electron chi connectivity index (χ4n) is 2.19. The van der Waals surface area contributed by atoms with Crippen molar-refractivity contribution in [2.45, 2.75) is 36.1 Å². The van der Waals surface area contributed by atoms with Crippen LogP contribution < -0.4 is 15.2 Å². The number of carbonyl (C=O) groups is 1. The normalized spacial score (nSPS) is 13.0. The third-order valence-electron chi connectivity index (χ3n) is 3.87. The van der Waals surface area contributed by atoms with Gasteiger partial charge in [0.1, 0.15) is 0 Å². The summed E-state index contributed by atoms with van der Waals surface area (Å²) in [6.07, 6.45) is 0.732. The van der Waals surface area contributed by atoms with Gasteiger partial charge in [-0.25, -0.2) is 22.0 Å². The summed E-state index contributed by atoms with van der Waals surface area (Å²) in [5, 5.41) is 7.79. The van der Waals surface area contributed by atoms with Crippen LogP contribution >= 0.6 is 0 Å². The molecule has 0 aliphatic carbocycles. The van der Waals surface area contributed by atoms with Gasteiger partial charge in [0.15, 0.2) is 0 Å². The molecule has 1 amide bonds. The Morgan fingerprint density at radius 1 is 1.00 bits per heavy atom. The molecule has 0 aliphatic heterocycles. The summed E-state index contributed by atoms with van der Waals surface area (Å²) in [7, 11) is -7.96. The number of benzene rings is 2. The van der Waals surface area contributed by atoms with Gasteiger partial charge in [-0.2, -0.15) is 0 Å².